The van der Waals surface area contributed by atoms with Gasteiger partial charge in [-0.2, -0.15) is 0 Å². The molecule has 0 aromatic heterocycles. The minimum atomic E-state index is -0.128. The third-order valence-corrected chi connectivity index (χ3v) is 9.39. The Labute approximate surface area is 164 Å². The zero-order valence-electron chi connectivity index (χ0n) is 17.3. The first-order valence-corrected chi connectivity index (χ1v) is 11.4. The Kier molecular flexibility index (Phi) is 4.57. The fraction of sp³-hybridized carbons (Fsp3) is 0.833. The summed E-state index contributed by atoms with van der Waals surface area (Å²) in [6.07, 6.45) is 13.5. The monoisotopic (exact) mass is 371 g/mol. The van der Waals surface area contributed by atoms with E-state index in [0.717, 1.165) is 51.1 Å². The first-order valence-electron chi connectivity index (χ1n) is 11.4. The van der Waals surface area contributed by atoms with E-state index in [1.54, 1.807) is 11.1 Å². The minimum absolute atomic E-state index is 0.0511. The molecule has 6 atom stereocenters. The fourth-order valence-corrected chi connectivity index (χ4v) is 7.62. The zero-order chi connectivity index (χ0) is 18.6. The number of ether oxygens (including phenoxy) is 1. The van der Waals surface area contributed by atoms with Crippen molar-refractivity contribution in [3.05, 3.63) is 23.3 Å². The third-order valence-electron chi connectivity index (χ3n) is 9.39. The molecule has 0 amide bonds. The van der Waals surface area contributed by atoms with Crippen LogP contribution < -0.4 is 0 Å². The largest absolute Gasteiger partial charge is 0.392 e. The number of hydrogen-bond donors (Lipinski definition) is 1. The third kappa shape index (κ3) is 2.72. The van der Waals surface area contributed by atoms with Gasteiger partial charge in [-0.15, -0.1) is 0 Å². The van der Waals surface area contributed by atoms with Crippen LogP contribution in [-0.4, -0.2) is 49.0 Å². The number of rotatable bonds is 2. The molecule has 2 saturated carbocycles. The molecular formula is C24H37NO2. The van der Waals surface area contributed by atoms with Crippen LogP contribution in [0.3, 0.4) is 0 Å². The fourth-order valence-electron chi connectivity index (χ4n) is 7.62. The molecule has 0 bridgehead atoms. The first-order chi connectivity index (χ1) is 13.0. The van der Waals surface area contributed by atoms with Crippen LogP contribution in [-0.2, 0) is 4.74 Å². The zero-order valence-corrected chi connectivity index (χ0v) is 17.3. The van der Waals surface area contributed by atoms with Gasteiger partial charge in [0.05, 0.1) is 19.3 Å². The lowest BCUT2D eigenvalue weighted by atomic mass is 9.47. The second-order valence-electron chi connectivity index (χ2n) is 10.3. The van der Waals surface area contributed by atoms with Crippen LogP contribution in [0, 0.1) is 28.6 Å². The minimum Gasteiger partial charge on any atom is -0.392 e. The van der Waals surface area contributed by atoms with Crippen molar-refractivity contribution in [2.75, 3.05) is 32.8 Å². The molecule has 1 unspecified atom stereocenters. The molecule has 1 N–H and O–H groups in total. The van der Waals surface area contributed by atoms with E-state index in [4.69, 9.17) is 4.74 Å². The Morgan fingerprint density at radius 1 is 1.11 bits per heavy atom. The molecule has 0 spiro atoms. The van der Waals surface area contributed by atoms with Gasteiger partial charge in [-0.3, -0.25) is 4.90 Å². The lowest BCUT2D eigenvalue weighted by Gasteiger charge is -2.58. The topological polar surface area (TPSA) is 32.7 Å². The van der Waals surface area contributed by atoms with Crippen LogP contribution in [0.2, 0.25) is 0 Å². The van der Waals surface area contributed by atoms with Crippen LogP contribution in [0.5, 0.6) is 0 Å². The predicted molar refractivity (Wildman–Crippen MR) is 108 cm³/mol. The number of nitrogens with zero attached hydrogens (tertiary/aromatic N) is 1. The van der Waals surface area contributed by atoms with E-state index in [1.807, 2.05) is 0 Å². The smallest absolute Gasteiger partial charge is 0.0633 e. The maximum absolute atomic E-state index is 11.0. The van der Waals surface area contributed by atoms with Crippen molar-refractivity contribution in [3.8, 4) is 0 Å². The lowest BCUT2D eigenvalue weighted by Crippen LogP contribution is -2.54. The molecule has 5 aliphatic rings. The number of aliphatic hydroxyl groups is 1. The van der Waals surface area contributed by atoms with Gasteiger partial charge in [-0.1, -0.05) is 37.1 Å². The first kappa shape index (κ1) is 18.4. The number of hydrogen-bond acceptors (Lipinski definition) is 3. The van der Waals surface area contributed by atoms with E-state index < -0.39 is 0 Å². The van der Waals surface area contributed by atoms with Crippen molar-refractivity contribution >= 4 is 0 Å². The van der Waals surface area contributed by atoms with Crippen LogP contribution in [0.1, 0.15) is 58.8 Å². The summed E-state index contributed by atoms with van der Waals surface area (Å²) in [6.45, 7) is 10.1. The number of morpholine rings is 1. The number of allylic oxidation sites excluding steroid dienone is 2. The highest BCUT2D eigenvalue weighted by Crippen LogP contribution is 2.64. The normalized spacial score (nSPS) is 47.5. The molecule has 0 radical (unpaired) electrons. The van der Waals surface area contributed by atoms with E-state index in [1.165, 1.54) is 38.5 Å². The summed E-state index contributed by atoms with van der Waals surface area (Å²) in [4.78, 5) is 2.60. The Morgan fingerprint density at radius 2 is 1.93 bits per heavy atom. The number of fused-ring (bicyclic) bond motifs is 5. The maximum atomic E-state index is 11.0. The molecule has 3 heteroatoms. The highest BCUT2D eigenvalue weighted by Gasteiger charge is 2.58. The quantitative estimate of drug-likeness (QED) is 0.739. The summed E-state index contributed by atoms with van der Waals surface area (Å²) in [5, 5.41) is 11.0. The summed E-state index contributed by atoms with van der Waals surface area (Å²) in [5.41, 5.74) is 3.72. The SMILES string of the molecule is C[C@]12CC[C@H]3[C@@H](CC=C4CCCC(O)[C@@]43C)[C@@H]1CC=C2CN1CCOCC1. The molecule has 150 valence electrons. The lowest BCUT2D eigenvalue weighted by molar-refractivity contribution is -0.0786. The van der Waals surface area contributed by atoms with Crippen molar-refractivity contribution in [2.24, 2.45) is 28.6 Å². The average molecular weight is 372 g/mol. The predicted octanol–water partition coefficient (Wildman–Crippen LogP) is 4.18. The summed E-state index contributed by atoms with van der Waals surface area (Å²) in [7, 11) is 0. The van der Waals surface area contributed by atoms with Gasteiger partial charge in [0.1, 0.15) is 0 Å². The summed E-state index contributed by atoms with van der Waals surface area (Å²) >= 11 is 0. The summed E-state index contributed by atoms with van der Waals surface area (Å²) < 4.78 is 5.55. The molecule has 4 aliphatic carbocycles. The highest BCUT2D eigenvalue weighted by atomic mass is 16.5. The molecule has 3 nitrogen and oxygen atoms in total. The Morgan fingerprint density at radius 3 is 2.74 bits per heavy atom. The van der Waals surface area contributed by atoms with Gasteiger partial charge in [0.2, 0.25) is 0 Å². The van der Waals surface area contributed by atoms with Crippen molar-refractivity contribution < 1.29 is 9.84 Å². The Bertz CT molecular complexity index is 649. The van der Waals surface area contributed by atoms with Crippen molar-refractivity contribution in [3.63, 3.8) is 0 Å². The van der Waals surface area contributed by atoms with Gasteiger partial charge in [0, 0.05) is 25.0 Å². The van der Waals surface area contributed by atoms with Gasteiger partial charge in [0.25, 0.3) is 0 Å². The van der Waals surface area contributed by atoms with Gasteiger partial charge in [-0.05, 0) is 68.1 Å². The highest BCUT2D eigenvalue weighted by molar-refractivity contribution is 5.31. The molecule has 0 aromatic rings. The molecule has 5 rings (SSSR count). The van der Waals surface area contributed by atoms with Crippen LogP contribution in [0.15, 0.2) is 23.3 Å². The van der Waals surface area contributed by atoms with Crippen molar-refractivity contribution in [1.82, 2.24) is 4.90 Å². The second kappa shape index (κ2) is 6.71. The molecule has 0 aromatic carbocycles. The molecule has 1 heterocycles. The maximum Gasteiger partial charge on any atom is 0.0633 e. The van der Waals surface area contributed by atoms with Crippen LogP contribution >= 0.6 is 0 Å². The van der Waals surface area contributed by atoms with Gasteiger partial charge in [-0.25, -0.2) is 0 Å². The van der Waals surface area contributed by atoms with E-state index in [0.29, 0.717) is 11.3 Å². The Balaban J connectivity index is 1.38. The second-order valence-corrected chi connectivity index (χ2v) is 10.3. The summed E-state index contributed by atoms with van der Waals surface area (Å²) in [5.74, 6) is 2.21. The molecule has 1 aliphatic heterocycles. The number of aliphatic hydroxyl groups excluding tert-OH is 1. The van der Waals surface area contributed by atoms with Crippen molar-refractivity contribution in [1.29, 1.82) is 0 Å². The van der Waals surface area contributed by atoms with E-state index in [-0.39, 0.29) is 11.5 Å². The average Bonchev–Trinajstić information content (AvgIpc) is 3.00. The van der Waals surface area contributed by atoms with Gasteiger partial charge >= 0.3 is 0 Å². The van der Waals surface area contributed by atoms with Crippen LogP contribution in [0.4, 0.5) is 0 Å². The molecule has 3 fully saturated rings. The van der Waals surface area contributed by atoms with E-state index in [2.05, 4.69) is 30.9 Å². The van der Waals surface area contributed by atoms with Crippen molar-refractivity contribution in [2.45, 2.75) is 64.9 Å². The summed E-state index contributed by atoms with van der Waals surface area (Å²) in [6, 6.07) is 0. The molecular weight excluding hydrogens is 334 g/mol. The van der Waals surface area contributed by atoms with Gasteiger partial charge < -0.3 is 9.84 Å². The Hall–Kier alpha value is -0.640. The van der Waals surface area contributed by atoms with E-state index in [9.17, 15) is 5.11 Å². The van der Waals surface area contributed by atoms with Gasteiger partial charge in [0.15, 0.2) is 0 Å². The molecule has 1 saturated heterocycles. The standard InChI is InChI=1S/C24H37NO2/c1-23-11-10-21-19(8-6-17-4-3-5-22(26)24(17,21)2)20(23)9-7-18(23)16-25-12-14-27-15-13-25/h6-7,19-22,26H,3-5,8-16H2,1-2H3/t19-,20-,21-,22?,23+,24-/m0/s1. The van der Waals surface area contributed by atoms with E-state index >= 15 is 0 Å². The molecule has 27 heavy (non-hydrogen) atoms. The van der Waals surface area contributed by atoms with Crippen LogP contribution in [0.25, 0.3) is 0 Å².